The summed E-state index contributed by atoms with van der Waals surface area (Å²) in [5, 5.41) is 8.73. The quantitative estimate of drug-likeness (QED) is 0.509. The van der Waals surface area contributed by atoms with Crippen molar-refractivity contribution in [3.8, 4) is 0 Å². The van der Waals surface area contributed by atoms with Gasteiger partial charge in [-0.3, -0.25) is 5.43 Å². The molecule has 0 atom stereocenters. The second kappa shape index (κ2) is 7.46. The largest absolute Gasteiger partial charge is 0.359 e. The van der Waals surface area contributed by atoms with E-state index in [1.807, 2.05) is 24.3 Å². The number of hydrogen-bond donors (Lipinski definition) is 2. The second-order valence-corrected chi connectivity index (χ2v) is 5.57. The van der Waals surface area contributed by atoms with Crippen LogP contribution >= 0.6 is 23.8 Å². The number of benzene rings is 1. The molecule has 0 saturated heterocycles. The van der Waals surface area contributed by atoms with Crippen molar-refractivity contribution in [1.29, 1.82) is 0 Å². The molecule has 1 fully saturated rings. The van der Waals surface area contributed by atoms with Crippen molar-refractivity contribution >= 4 is 35.1 Å². The highest BCUT2D eigenvalue weighted by Gasteiger charge is 2.13. The molecule has 1 saturated carbocycles. The first-order chi connectivity index (χ1) is 9.24. The molecule has 0 amide bonds. The average molecular weight is 296 g/mol. The zero-order valence-electron chi connectivity index (χ0n) is 10.7. The van der Waals surface area contributed by atoms with Crippen molar-refractivity contribution in [2.75, 3.05) is 0 Å². The zero-order valence-corrected chi connectivity index (χ0v) is 12.3. The lowest BCUT2D eigenvalue weighted by atomic mass is 9.96. The van der Waals surface area contributed by atoms with Gasteiger partial charge in [-0.2, -0.15) is 5.10 Å². The van der Waals surface area contributed by atoms with Gasteiger partial charge in [-0.05, 0) is 42.8 Å². The Bertz CT molecular complexity index is 439. The number of hydrazone groups is 1. The lowest BCUT2D eigenvalue weighted by molar-refractivity contribution is 0.412. The molecule has 0 unspecified atom stereocenters. The molecule has 0 radical (unpaired) electrons. The van der Waals surface area contributed by atoms with Crippen LogP contribution in [-0.2, 0) is 0 Å². The first-order valence-corrected chi connectivity index (χ1v) is 7.38. The number of rotatable bonds is 3. The fourth-order valence-electron chi connectivity index (χ4n) is 2.18. The predicted molar refractivity (Wildman–Crippen MR) is 84.8 cm³/mol. The molecular formula is C14H18ClN3S. The van der Waals surface area contributed by atoms with Gasteiger partial charge < -0.3 is 5.32 Å². The van der Waals surface area contributed by atoms with Crippen molar-refractivity contribution in [1.82, 2.24) is 10.7 Å². The van der Waals surface area contributed by atoms with Gasteiger partial charge in [0, 0.05) is 11.1 Å². The molecular weight excluding hydrogens is 278 g/mol. The Hall–Kier alpha value is -1.13. The Kier molecular flexibility index (Phi) is 5.61. The summed E-state index contributed by atoms with van der Waals surface area (Å²) in [5.41, 5.74) is 3.83. The minimum absolute atomic E-state index is 0.500. The summed E-state index contributed by atoms with van der Waals surface area (Å²) < 4.78 is 0. The van der Waals surface area contributed by atoms with E-state index >= 15 is 0 Å². The highest BCUT2D eigenvalue weighted by Crippen LogP contribution is 2.17. The van der Waals surface area contributed by atoms with E-state index in [4.69, 9.17) is 23.8 Å². The van der Waals surface area contributed by atoms with Crippen molar-refractivity contribution < 1.29 is 0 Å². The van der Waals surface area contributed by atoms with Crippen LogP contribution in [-0.4, -0.2) is 17.4 Å². The van der Waals surface area contributed by atoms with Crippen LogP contribution < -0.4 is 10.7 Å². The smallest absolute Gasteiger partial charge is 0.187 e. The van der Waals surface area contributed by atoms with Crippen LogP contribution in [0.5, 0.6) is 0 Å². The van der Waals surface area contributed by atoms with Gasteiger partial charge in [-0.25, -0.2) is 0 Å². The molecule has 5 heteroatoms. The maximum atomic E-state index is 5.81. The lowest BCUT2D eigenvalue weighted by Gasteiger charge is -2.23. The highest BCUT2D eigenvalue weighted by molar-refractivity contribution is 7.80. The van der Waals surface area contributed by atoms with E-state index in [9.17, 15) is 0 Å². The molecule has 0 aromatic heterocycles. The Balaban J connectivity index is 1.74. The van der Waals surface area contributed by atoms with Gasteiger partial charge in [0.25, 0.3) is 0 Å². The Morgan fingerprint density at radius 2 is 1.89 bits per heavy atom. The summed E-state index contributed by atoms with van der Waals surface area (Å²) in [4.78, 5) is 0. The van der Waals surface area contributed by atoms with Crippen molar-refractivity contribution in [2.45, 2.75) is 38.1 Å². The normalized spacial score (nSPS) is 16.5. The van der Waals surface area contributed by atoms with E-state index in [1.54, 1.807) is 6.21 Å². The number of halogens is 1. The Morgan fingerprint density at radius 1 is 1.21 bits per heavy atom. The zero-order chi connectivity index (χ0) is 13.5. The minimum Gasteiger partial charge on any atom is -0.359 e. The summed E-state index contributed by atoms with van der Waals surface area (Å²) in [7, 11) is 0. The molecule has 102 valence electrons. The van der Waals surface area contributed by atoms with E-state index in [1.165, 1.54) is 32.1 Å². The van der Waals surface area contributed by atoms with Gasteiger partial charge in [0.1, 0.15) is 0 Å². The van der Waals surface area contributed by atoms with Crippen LogP contribution in [0.15, 0.2) is 29.4 Å². The van der Waals surface area contributed by atoms with E-state index in [0.29, 0.717) is 11.2 Å². The molecule has 0 aliphatic heterocycles. The highest BCUT2D eigenvalue weighted by atomic mass is 35.5. The van der Waals surface area contributed by atoms with Gasteiger partial charge in [-0.1, -0.05) is 43.0 Å². The summed E-state index contributed by atoms with van der Waals surface area (Å²) in [6.07, 6.45) is 8.03. The summed E-state index contributed by atoms with van der Waals surface area (Å²) in [6.45, 7) is 0. The predicted octanol–water partition coefficient (Wildman–Crippen LogP) is 3.47. The molecule has 2 rings (SSSR count). The summed E-state index contributed by atoms with van der Waals surface area (Å²) >= 11 is 11.0. The van der Waals surface area contributed by atoms with Gasteiger partial charge in [0.05, 0.1) is 6.21 Å². The molecule has 0 heterocycles. The van der Waals surface area contributed by atoms with Gasteiger partial charge in [-0.15, -0.1) is 0 Å². The molecule has 1 aliphatic rings. The molecule has 1 aromatic rings. The van der Waals surface area contributed by atoms with Crippen molar-refractivity contribution in [3.63, 3.8) is 0 Å². The molecule has 1 aliphatic carbocycles. The maximum absolute atomic E-state index is 5.81. The minimum atomic E-state index is 0.500. The molecule has 0 spiro atoms. The number of thiocarbonyl (C=S) groups is 1. The lowest BCUT2D eigenvalue weighted by Crippen LogP contribution is -2.40. The summed E-state index contributed by atoms with van der Waals surface area (Å²) in [5.74, 6) is 0. The first-order valence-electron chi connectivity index (χ1n) is 6.59. The van der Waals surface area contributed by atoms with Crippen LogP contribution in [0, 0.1) is 0 Å². The molecule has 19 heavy (non-hydrogen) atoms. The topological polar surface area (TPSA) is 36.4 Å². The molecule has 0 bridgehead atoms. The molecule has 3 nitrogen and oxygen atoms in total. The monoisotopic (exact) mass is 295 g/mol. The van der Waals surface area contributed by atoms with Crippen molar-refractivity contribution in [2.24, 2.45) is 5.10 Å². The van der Waals surface area contributed by atoms with Gasteiger partial charge in [0.15, 0.2) is 5.11 Å². The average Bonchev–Trinajstić information content (AvgIpc) is 2.42. The molecule has 2 N–H and O–H groups in total. The third kappa shape index (κ3) is 5.17. The van der Waals surface area contributed by atoms with Gasteiger partial charge >= 0.3 is 0 Å². The first kappa shape index (κ1) is 14.3. The Morgan fingerprint density at radius 3 is 2.58 bits per heavy atom. The van der Waals surface area contributed by atoms with E-state index in [0.717, 1.165) is 10.6 Å². The fraction of sp³-hybridized carbons (Fsp3) is 0.429. The van der Waals surface area contributed by atoms with Crippen LogP contribution in [0.4, 0.5) is 0 Å². The van der Waals surface area contributed by atoms with Crippen LogP contribution in [0.25, 0.3) is 0 Å². The third-order valence-corrected chi connectivity index (χ3v) is 3.65. The van der Waals surface area contributed by atoms with Gasteiger partial charge in [0.2, 0.25) is 0 Å². The maximum Gasteiger partial charge on any atom is 0.187 e. The standard InChI is InChI=1S/C14H18ClN3S/c15-12-8-6-11(7-9-12)10-16-18-14(19)17-13-4-2-1-3-5-13/h6-10,13H,1-5H2,(H2,17,18,19)/b16-10-. The number of hydrogen-bond acceptors (Lipinski definition) is 2. The SMILES string of the molecule is S=C(N/N=C\c1ccc(Cl)cc1)NC1CCCCC1. The van der Waals surface area contributed by atoms with E-state index in [2.05, 4.69) is 15.8 Å². The third-order valence-electron chi connectivity index (χ3n) is 3.19. The van der Waals surface area contributed by atoms with Crippen LogP contribution in [0.1, 0.15) is 37.7 Å². The van der Waals surface area contributed by atoms with E-state index < -0.39 is 0 Å². The van der Waals surface area contributed by atoms with Crippen molar-refractivity contribution in [3.05, 3.63) is 34.9 Å². The number of nitrogens with one attached hydrogen (secondary N) is 2. The van der Waals surface area contributed by atoms with E-state index in [-0.39, 0.29) is 0 Å². The van der Waals surface area contributed by atoms with Crippen LogP contribution in [0.2, 0.25) is 5.02 Å². The Labute approximate surface area is 124 Å². The second-order valence-electron chi connectivity index (χ2n) is 4.73. The fourth-order valence-corrected chi connectivity index (χ4v) is 2.52. The molecule has 1 aromatic carbocycles. The van der Waals surface area contributed by atoms with Crippen LogP contribution in [0.3, 0.4) is 0 Å². The number of nitrogens with zero attached hydrogens (tertiary/aromatic N) is 1. The summed E-state index contributed by atoms with van der Waals surface area (Å²) in [6, 6.07) is 7.98.